The number of hydrogen-bond acceptors (Lipinski definition) is 8. The summed E-state index contributed by atoms with van der Waals surface area (Å²) in [6.07, 6.45) is 11.6. The van der Waals surface area contributed by atoms with Crippen LogP contribution in [0.15, 0.2) is 159 Å². The maximum Gasteiger partial charge on any atom is 0.330 e. The van der Waals surface area contributed by atoms with Gasteiger partial charge in [0.05, 0.1) is 13.2 Å². The lowest BCUT2D eigenvalue weighted by Gasteiger charge is -2.26. The zero-order valence-corrected chi connectivity index (χ0v) is 39.1. The minimum Gasteiger partial charge on any atom is -0.494 e. The first kappa shape index (κ1) is 48.4. The van der Waals surface area contributed by atoms with Gasteiger partial charge >= 0.3 is 11.9 Å². The molecule has 0 saturated heterocycles. The summed E-state index contributed by atoms with van der Waals surface area (Å²) in [4.78, 5) is 27.6. The van der Waals surface area contributed by atoms with E-state index in [1.165, 1.54) is 60.1 Å². The number of carbonyl (C=O) groups excluding carboxylic acids is 2. The molecule has 66 heavy (non-hydrogen) atoms. The van der Waals surface area contributed by atoms with E-state index in [-0.39, 0.29) is 13.2 Å². The summed E-state index contributed by atoms with van der Waals surface area (Å²) < 4.78 is 22.8. The second kappa shape index (κ2) is 24.9. The van der Waals surface area contributed by atoms with E-state index in [9.17, 15) is 9.59 Å². The van der Waals surface area contributed by atoms with Crippen LogP contribution in [0.25, 0.3) is 0 Å². The molecule has 6 aromatic rings. The fraction of sp³-hybridized carbons (Fsp3) is 0.276. The minimum atomic E-state index is -0.435. The molecule has 0 atom stereocenters. The van der Waals surface area contributed by atoms with Gasteiger partial charge in [-0.1, -0.05) is 88.1 Å². The smallest absolute Gasteiger partial charge is 0.330 e. The Kier molecular flexibility index (Phi) is 18.2. The molecule has 0 aliphatic heterocycles. The number of hydrogen-bond donors (Lipinski definition) is 0. The third kappa shape index (κ3) is 14.2. The number of benzene rings is 6. The number of anilines is 6. The van der Waals surface area contributed by atoms with Gasteiger partial charge in [0.15, 0.2) is 0 Å². The number of esters is 2. The van der Waals surface area contributed by atoms with Crippen molar-refractivity contribution in [2.24, 2.45) is 0 Å². The van der Waals surface area contributed by atoms with Gasteiger partial charge < -0.3 is 28.7 Å². The molecule has 0 fully saturated rings. The Labute approximate surface area is 392 Å². The summed E-state index contributed by atoms with van der Waals surface area (Å²) in [6, 6.07) is 45.7. The summed E-state index contributed by atoms with van der Waals surface area (Å²) in [5.74, 6) is 0.861. The van der Waals surface area contributed by atoms with Gasteiger partial charge in [0, 0.05) is 46.3 Å². The van der Waals surface area contributed by atoms with E-state index in [0.717, 1.165) is 82.4 Å². The fourth-order valence-electron chi connectivity index (χ4n) is 7.56. The average Bonchev–Trinajstić information content (AvgIpc) is 3.34. The molecule has 6 aromatic carbocycles. The molecule has 6 rings (SSSR count). The molecule has 8 heteroatoms. The van der Waals surface area contributed by atoms with E-state index in [1.54, 1.807) is 0 Å². The number of aryl methyl sites for hydroxylation is 4. The van der Waals surface area contributed by atoms with E-state index in [2.05, 4.69) is 111 Å². The van der Waals surface area contributed by atoms with Gasteiger partial charge in [-0.05, 0) is 171 Å². The maximum atomic E-state index is 11.6. The van der Waals surface area contributed by atoms with Crippen LogP contribution < -0.4 is 19.3 Å². The first-order chi connectivity index (χ1) is 32.1. The zero-order chi connectivity index (χ0) is 46.7. The summed E-state index contributed by atoms with van der Waals surface area (Å²) in [5.41, 5.74) is 13.0. The number of ether oxygens (including phenoxy) is 4. The van der Waals surface area contributed by atoms with Crippen LogP contribution in [0.2, 0.25) is 0 Å². The highest BCUT2D eigenvalue weighted by Gasteiger charge is 2.16. The number of nitrogens with zero attached hydrogens (tertiary/aromatic N) is 2. The van der Waals surface area contributed by atoms with Gasteiger partial charge in [-0.2, -0.15) is 0 Å². The van der Waals surface area contributed by atoms with Crippen LogP contribution in [0.5, 0.6) is 11.5 Å². The molecule has 0 bridgehead atoms. The van der Waals surface area contributed by atoms with Crippen LogP contribution in [0.3, 0.4) is 0 Å². The van der Waals surface area contributed by atoms with Gasteiger partial charge in [0.2, 0.25) is 0 Å². The standard InChI is InChI=1S/C58H64N2O6/c1-7-57(61)65-41-47-19-25-49(26-20-47)59(53-23-17-43(3)45(5)39-53)51-29-33-55(34-30-51)63-37-15-13-11-9-10-12-14-16-38-64-56-35-31-52(32-36-56)60(54-24-18-44(4)46(6)40-54)50-27-21-48(22-28-50)42-66-58(62)8-2/h7-8,17-36,39-40H,1-2,9-16,37-38,41-42H2,3-6H3. The van der Waals surface area contributed by atoms with Crippen LogP contribution in [0.4, 0.5) is 34.1 Å². The molecule has 0 heterocycles. The lowest BCUT2D eigenvalue weighted by molar-refractivity contribution is -0.139. The lowest BCUT2D eigenvalue weighted by atomic mass is 10.1. The van der Waals surface area contributed by atoms with Crippen LogP contribution >= 0.6 is 0 Å². The van der Waals surface area contributed by atoms with E-state index in [0.29, 0.717) is 13.2 Å². The number of carbonyl (C=O) groups is 2. The molecular weight excluding hydrogens is 821 g/mol. The highest BCUT2D eigenvalue weighted by Crippen LogP contribution is 2.38. The molecule has 342 valence electrons. The van der Waals surface area contributed by atoms with Crippen molar-refractivity contribution >= 4 is 46.1 Å². The largest absolute Gasteiger partial charge is 0.494 e. The molecule has 0 aliphatic rings. The normalized spacial score (nSPS) is 10.8. The monoisotopic (exact) mass is 884 g/mol. The van der Waals surface area contributed by atoms with Crippen LogP contribution in [0.1, 0.15) is 84.7 Å². The molecular formula is C58H64N2O6. The van der Waals surface area contributed by atoms with Crippen molar-refractivity contribution in [3.63, 3.8) is 0 Å². The lowest BCUT2D eigenvalue weighted by Crippen LogP contribution is -2.10. The van der Waals surface area contributed by atoms with Crippen molar-refractivity contribution in [3.8, 4) is 11.5 Å². The predicted molar refractivity (Wildman–Crippen MR) is 269 cm³/mol. The Morgan fingerprint density at radius 3 is 1.03 bits per heavy atom. The Hall–Kier alpha value is -7.06. The molecule has 0 amide bonds. The Morgan fingerprint density at radius 2 is 0.712 bits per heavy atom. The third-order valence-electron chi connectivity index (χ3n) is 11.7. The molecule has 0 saturated carbocycles. The van der Waals surface area contributed by atoms with E-state index < -0.39 is 11.9 Å². The summed E-state index contributed by atoms with van der Waals surface area (Å²) in [6.45, 7) is 17.2. The third-order valence-corrected chi connectivity index (χ3v) is 11.7. The van der Waals surface area contributed by atoms with E-state index >= 15 is 0 Å². The minimum absolute atomic E-state index is 0.200. The maximum absolute atomic E-state index is 11.6. The van der Waals surface area contributed by atoms with Crippen LogP contribution in [0, 0.1) is 27.7 Å². The second-order valence-electron chi connectivity index (χ2n) is 16.7. The van der Waals surface area contributed by atoms with Gasteiger partial charge in [0.25, 0.3) is 0 Å². The van der Waals surface area contributed by atoms with Crippen LogP contribution in [-0.4, -0.2) is 25.2 Å². The van der Waals surface area contributed by atoms with Gasteiger partial charge in [-0.25, -0.2) is 9.59 Å². The first-order valence-corrected chi connectivity index (χ1v) is 23.1. The Bertz CT molecular complexity index is 2320. The quantitative estimate of drug-likeness (QED) is 0.0320. The fourth-order valence-corrected chi connectivity index (χ4v) is 7.56. The molecule has 0 radical (unpaired) electrons. The molecule has 0 spiro atoms. The van der Waals surface area contributed by atoms with Crippen molar-refractivity contribution in [1.82, 2.24) is 0 Å². The Morgan fingerprint density at radius 1 is 0.409 bits per heavy atom. The topological polar surface area (TPSA) is 77.5 Å². The molecule has 0 aromatic heterocycles. The van der Waals surface area contributed by atoms with Gasteiger partial charge in [0.1, 0.15) is 24.7 Å². The molecule has 0 unspecified atom stereocenters. The summed E-state index contributed by atoms with van der Waals surface area (Å²) in [7, 11) is 0. The number of rotatable bonds is 25. The SMILES string of the molecule is C=CC(=O)OCc1ccc(N(c2ccc(OCCCCCCCCCCOc3ccc(N(c4ccc(COC(=O)C=C)cc4)c4ccc(C)c(C)c4)cc3)cc2)c2ccc(C)c(C)c2)cc1. The zero-order valence-electron chi connectivity index (χ0n) is 39.1. The highest BCUT2D eigenvalue weighted by molar-refractivity contribution is 5.82. The summed E-state index contributed by atoms with van der Waals surface area (Å²) in [5, 5.41) is 0. The second-order valence-corrected chi connectivity index (χ2v) is 16.7. The van der Waals surface area contributed by atoms with Crippen molar-refractivity contribution in [2.75, 3.05) is 23.0 Å². The summed E-state index contributed by atoms with van der Waals surface area (Å²) >= 11 is 0. The van der Waals surface area contributed by atoms with Gasteiger partial charge in [-0.15, -0.1) is 0 Å². The molecule has 8 nitrogen and oxygen atoms in total. The predicted octanol–water partition coefficient (Wildman–Crippen LogP) is 14.9. The van der Waals surface area contributed by atoms with Gasteiger partial charge in [-0.3, -0.25) is 0 Å². The van der Waals surface area contributed by atoms with E-state index in [1.807, 2.05) is 72.8 Å². The molecule has 0 aliphatic carbocycles. The first-order valence-electron chi connectivity index (χ1n) is 23.1. The highest BCUT2D eigenvalue weighted by atomic mass is 16.5. The van der Waals surface area contributed by atoms with Crippen molar-refractivity contribution in [2.45, 2.75) is 92.3 Å². The number of unbranched alkanes of at least 4 members (excludes halogenated alkanes) is 7. The van der Waals surface area contributed by atoms with E-state index in [4.69, 9.17) is 18.9 Å². The Balaban J connectivity index is 0.888. The molecule has 0 N–H and O–H groups in total. The average molecular weight is 885 g/mol. The van der Waals surface area contributed by atoms with Crippen molar-refractivity contribution < 1.29 is 28.5 Å². The van der Waals surface area contributed by atoms with Crippen molar-refractivity contribution in [3.05, 3.63) is 192 Å². The van der Waals surface area contributed by atoms with Crippen molar-refractivity contribution in [1.29, 1.82) is 0 Å². The van der Waals surface area contributed by atoms with Crippen LogP contribution in [-0.2, 0) is 32.3 Å².